The molecule has 1 saturated heterocycles. The zero-order chi connectivity index (χ0) is 19.9. The fraction of sp³-hybridized carbons (Fsp3) is 0.476. The van der Waals surface area contributed by atoms with Crippen molar-refractivity contribution in [1.82, 2.24) is 15.3 Å². The van der Waals surface area contributed by atoms with Crippen molar-refractivity contribution in [2.45, 2.75) is 26.2 Å². The number of methoxy groups -OCH3 is 2. The molecule has 0 atom stereocenters. The summed E-state index contributed by atoms with van der Waals surface area (Å²) < 4.78 is 10.6. The van der Waals surface area contributed by atoms with Crippen LogP contribution in [0.2, 0.25) is 0 Å². The summed E-state index contributed by atoms with van der Waals surface area (Å²) in [7, 11) is 3.24. The Morgan fingerprint density at radius 3 is 2.61 bits per heavy atom. The van der Waals surface area contributed by atoms with E-state index in [-0.39, 0.29) is 11.8 Å². The Bertz CT molecular complexity index is 804. The Morgan fingerprint density at radius 2 is 1.93 bits per heavy atom. The number of amides is 1. The molecule has 1 aliphatic rings. The van der Waals surface area contributed by atoms with Crippen molar-refractivity contribution in [2.75, 3.05) is 38.8 Å². The zero-order valence-corrected chi connectivity index (χ0v) is 16.8. The standard InChI is InChI=1S/C21H28N4O3/c1-15-6-10-23-21(24-15)25-12-8-17(9-13-25)20(26)22-11-7-16-4-5-18(27-2)19(14-16)28-3/h4-6,10,14,17H,7-9,11-13H2,1-3H3,(H,22,26). The quantitative estimate of drug-likeness (QED) is 0.790. The van der Waals surface area contributed by atoms with Crippen LogP contribution in [-0.4, -0.2) is 49.7 Å². The number of carbonyl (C=O) groups excluding carboxylic acids is 1. The molecule has 2 heterocycles. The molecule has 0 saturated carbocycles. The summed E-state index contributed by atoms with van der Waals surface area (Å²) in [6.07, 6.45) is 4.17. The lowest BCUT2D eigenvalue weighted by Gasteiger charge is -2.31. The second kappa shape index (κ2) is 9.39. The van der Waals surface area contributed by atoms with Crippen molar-refractivity contribution in [2.24, 2.45) is 5.92 Å². The van der Waals surface area contributed by atoms with Crippen LogP contribution in [0.25, 0.3) is 0 Å². The number of aryl methyl sites for hydroxylation is 1. The molecular formula is C21H28N4O3. The van der Waals surface area contributed by atoms with E-state index in [0.717, 1.165) is 49.6 Å². The van der Waals surface area contributed by atoms with E-state index in [9.17, 15) is 4.79 Å². The normalized spacial score (nSPS) is 14.6. The monoisotopic (exact) mass is 384 g/mol. The van der Waals surface area contributed by atoms with Crippen LogP contribution in [0.3, 0.4) is 0 Å². The van der Waals surface area contributed by atoms with Gasteiger partial charge in [-0.1, -0.05) is 6.07 Å². The Balaban J connectivity index is 1.45. The minimum Gasteiger partial charge on any atom is -0.493 e. The Morgan fingerprint density at radius 1 is 1.18 bits per heavy atom. The molecular weight excluding hydrogens is 356 g/mol. The first-order valence-corrected chi connectivity index (χ1v) is 9.64. The molecule has 0 spiro atoms. The van der Waals surface area contributed by atoms with Gasteiger partial charge in [0, 0.05) is 37.4 Å². The minimum absolute atomic E-state index is 0.0477. The molecule has 2 aromatic rings. The first-order valence-electron chi connectivity index (χ1n) is 9.64. The van der Waals surface area contributed by atoms with Crippen molar-refractivity contribution in [3.8, 4) is 11.5 Å². The maximum atomic E-state index is 12.5. The molecule has 0 aliphatic carbocycles. The van der Waals surface area contributed by atoms with E-state index < -0.39 is 0 Å². The molecule has 28 heavy (non-hydrogen) atoms. The number of carbonyl (C=O) groups is 1. The van der Waals surface area contributed by atoms with Gasteiger partial charge in [0.05, 0.1) is 14.2 Å². The van der Waals surface area contributed by atoms with Gasteiger partial charge in [-0.25, -0.2) is 9.97 Å². The van der Waals surface area contributed by atoms with Crippen LogP contribution in [0.5, 0.6) is 11.5 Å². The molecule has 0 unspecified atom stereocenters. The van der Waals surface area contributed by atoms with Gasteiger partial charge in [0.2, 0.25) is 11.9 Å². The summed E-state index contributed by atoms with van der Waals surface area (Å²) in [4.78, 5) is 23.5. The number of anilines is 1. The van der Waals surface area contributed by atoms with Crippen LogP contribution in [-0.2, 0) is 11.2 Å². The third kappa shape index (κ3) is 4.91. The molecule has 7 nitrogen and oxygen atoms in total. The van der Waals surface area contributed by atoms with Crippen molar-refractivity contribution < 1.29 is 14.3 Å². The van der Waals surface area contributed by atoms with Crippen LogP contribution >= 0.6 is 0 Å². The topological polar surface area (TPSA) is 76.6 Å². The highest BCUT2D eigenvalue weighted by atomic mass is 16.5. The molecule has 1 fully saturated rings. The van der Waals surface area contributed by atoms with Gasteiger partial charge in [-0.15, -0.1) is 0 Å². The van der Waals surface area contributed by atoms with Crippen LogP contribution < -0.4 is 19.7 Å². The molecule has 150 valence electrons. The predicted molar refractivity (Wildman–Crippen MR) is 108 cm³/mol. The fourth-order valence-electron chi connectivity index (χ4n) is 3.44. The number of piperidine rings is 1. The maximum Gasteiger partial charge on any atom is 0.225 e. The lowest BCUT2D eigenvalue weighted by atomic mass is 9.96. The van der Waals surface area contributed by atoms with Gasteiger partial charge in [0.1, 0.15) is 0 Å². The van der Waals surface area contributed by atoms with Crippen LogP contribution in [0, 0.1) is 12.8 Å². The van der Waals surface area contributed by atoms with Gasteiger partial charge < -0.3 is 19.7 Å². The van der Waals surface area contributed by atoms with Crippen LogP contribution in [0.4, 0.5) is 5.95 Å². The van der Waals surface area contributed by atoms with E-state index in [2.05, 4.69) is 20.2 Å². The van der Waals surface area contributed by atoms with Gasteiger partial charge in [-0.3, -0.25) is 4.79 Å². The lowest BCUT2D eigenvalue weighted by molar-refractivity contribution is -0.125. The molecule has 7 heteroatoms. The number of rotatable bonds is 7. The van der Waals surface area contributed by atoms with Crippen molar-refractivity contribution >= 4 is 11.9 Å². The Hall–Kier alpha value is -2.83. The van der Waals surface area contributed by atoms with Crippen LogP contribution in [0.15, 0.2) is 30.5 Å². The zero-order valence-electron chi connectivity index (χ0n) is 16.8. The fourth-order valence-corrected chi connectivity index (χ4v) is 3.44. The number of hydrogen-bond donors (Lipinski definition) is 1. The number of hydrogen-bond acceptors (Lipinski definition) is 6. The molecule has 1 N–H and O–H groups in total. The van der Waals surface area contributed by atoms with E-state index in [1.165, 1.54) is 0 Å². The largest absolute Gasteiger partial charge is 0.493 e. The number of nitrogens with zero attached hydrogens (tertiary/aromatic N) is 3. The van der Waals surface area contributed by atoms with Crippen molar-refractivity contribution in [3.05, 3.63) is 41.7 Å². The van der Waals surface area contributed by atoms with Gasteiger partial charge in [-0.05, 0) is 49.9 Å². The summed E-state index contributed by atoms with van der Waals surface area (Å²) >= 11 is 0. The first kappa shape index (κ1) is 19.9. The average molecular weight is 384 g/mol. The summed E-state index contributed by atoms with van der Waals surface area (Å²) in [6, 6.07) is 7.72. The third-order valence-electron chi connectivity index (χ3n) is 5.09. The number of benzene rings is 1. The van der Waals surface area contributed by atoms with E-state index in [1.54, 1.807) is 20.4 Å². The second-order valence-electron chi connectivity index (χ2n) is 6.99. The highest BCUT2D eigenvalue weighted by Crippen LogP contribution is 2.27. The lowest BCUT2D eigenvalue weighted by Crippen LogP contribution is -2.41. The SMILES string of the molecule is COc1ccc(CCNC(=O)C2CCN(c3nccc(C)n3)CC2)cc1OC. The number of ether oxygens (including phenoxy) is 2. The van der Waals surface area contributed by atoms with Gasteiger partial charge in [0.15, 0.2) is 11.5 Å². The average Bonchev–Trinajstić information content (AvgIpc) is 2.73. The highest BCUT2D eigenvalue weighted by Gasteiger charge is 2.25. The van der Waals surface area contributed by atoms with Gasteiger partial charge in [0.25, 0.3) is 0 Å². The van der Waals surface area contributed by atoms with E-state index in [1.807, 2.05) is 31.2 Å². The molecule has 0 bridgehead atoms. The number of aromatic nitrogens is 2. The van der Waals surface area contributed by atoms with E-state index >= 15 is 0 Å². The summed E-state index contributed by atoms with van der Waals surface area (Å²) in [5.41, 5.74) is 2.06. The first-order chi connectivity index (χ1) is 13.6. The molecule has 1 amide bonds. The van der Waals surface area contributed by atoms with Crippen molar-refractivity contribution in [3.63, 3.8) is 0 Å². The highest BCUT2D eigenvalue weighted by molar-refractivity contribution is 5.78. The van der Waals surface area contributed by atoms with E-state index in [0.29, 0.717) is 18.0 Å². The molecule has 1 aliphatic heterocycles. The molecule has 1 aromatic heterocycles. The van der Waals surface area contributed by atoms with E-state index in [4.69, 9.17) is 9.47 Å². The Labute approximate surface area is 166 Å². The smallest absolute Gasteiger partial charge is 0.225 e. The van der Waals surface area contributed by atoms with Gasteiger partial charge >= 0.3 is 0 Å². The second-order valence-corrected chi connectivity index (χ2v) is 6.99. The summed E-state index contributed by atoms with van der Waals surface area (Å²) in [5, 5.41) is 3.07. The molecule has 1 aromatic carbocycles. The summed E-state index contributed by atoms with van der Waals surface area (Å²) in [5.74, 6) is 2.35. The van der Waals surface area contributed by atoms with Crippen molar-refractivity contribution in [1.29, 1.82) is 0 Å². The minimum atomic E-state index is 0.0477. The number of nitrogens with one attached hydrogen (secondary N) is 1. The Kier molecular flexibility index (Phi) is 6.68. The predicted octanol–water partition coefficient (Wildman–Crippen LogP) is 2.38. The third-order valence-corrected chi connectivity index (χ3v) is 5.09. The van der Waals surface area contributed by atoms with Gasteiger partial charge in [-0.2, -0.15) is 0 Å². The van der Waals surface area contributed by atoms with Crippen LogP contribution in [0.1, 0.15) is 24.1 Å². The molecule has 3 rings (SSSR count). The summed E-state index contributed by atoms with van der Waals surface area (Å²) in [6.45, 7) is 4.17. The molecule has 0 radical (unpaired) electrons. The maximum absolute atomic E-state index is 12.5.